The molecule has 0 aliphatic heterocycles. The van der Waals surface area contributed by atoms with E-state index >= 15 is 0 Å². The normalized spacial score (nSPS) is 10.9. The van der Waals surface area contributed by atoms with Crippen molar-refractivity contribution in [1.82, 2.24) is 4.57 Å². The Morgan fingerprint density at radius 3 is 2.16 bits per heavy atom. The number of carboxylic acids is 2. The summed E-state index contributed by atoms with van der Waals surface area (Å²) in [5.74, 6) is -2.35. The Morgan fingerprint density at radius 2 is 1.59 bits per heavy atom. The molecule has 0 radical (unpaired) electrons. The standard InChI is InChI=1S/C24H27N3O5/c1-16-19(14-22(25)28)20-13-18(26(11-9-23(29)30)12-10-24(31)32)7-8-21(20)27(16)15-17-5-3-2-4-6-17/h2-8,13H,9-12,14-15H2,1H3,(H2,25,28)(H,29,30)(H,31,32). The molecule has 0 aliphatic carbocycles. The summed E-state index contributed by atoms with van der Waals surface area (Å²) >= 11 is 0. The number of rotatable bonds is 11. The Kier molecular flexibility index (Phi) is 7.14. The highest BCUT2D eigenvalue weighted by atomic mass is 16.4. The molecule has 168 valence electrons. The molecule has 0 bridgehead atoms. The highest BCUT2D eigenvalue weighted by Crippen LogP contribution is 2.31. The van der Waals surface area contributed by atoms with Crippen LogP contribution in [0.3, 0.4) is 0 Å². The van der Waals surface area contributed by atoms with Crippen molar-refractivity contribution in [3.05, 3.63) is 65.4 Å². The summed E-state index contributed by atoms with van der Waals surface area (Å²) in [6, 6.07) is 15.7. The maximum absolute atomic E-state index is 11.8. The van der Waals surface area contributed by atoms with Crippen LogP contribution in [0.25, 0.3) is 10.9 Å². The average molecular weight is 437 g/mol. The van der Waals surface area contributed by atoms with Crippen LogP contribution in [0.1, 0.15) is 29.7 Å². The van der Waals surface area contributed by atoms with E-state index in [1.807, 2.05) is 55.5 Å². The van der Waals surface area contributed by atoms with Crippen LogP contribution in [0.4, 0.5) is 5.69 Å². The van der Waals surface area contributed by atoms with Gasteiger partial charge in [0.15, 0.2) is 0 Å². The van der Waals surface area contributed by atoms with Gasteiger partial charge in [-0.1, -0.05) is 30.3 Å². The Labute approximate surface area is 185 Å². The topological polar surface area (TPSA) is 126 Å². The number of carboxylic acid groups (broad SMARTS) is 2. The summed E-state index contributed by atoms with van der Waals surface area (Å²) in [6.45, 7) is 2.95. The zero-order valence-electron chi connectivity index (χ0n) is 18.0. The van der Waals surface area contributed by atoms with E-state index in [0.29, 0.717) is 12.2 Å². The number of aliphatic carboxylic acids is 2. The molecule has 3 aromatic rings. The molecule has 8 heteroatoms. The number of anilines is 1. The molecule has 0 saturated carbocycles. The second-order valence-electron chi connectivity index (χ2n) is 7.75. The molecule has 1 amide bonds. The summed E-state index contributed by atoms with van der Waals surface area (Å²) in [7, 11) is 0. The first-order chi connectivity index (χ1) is 15.3. The van der Waals surface area contributed by atoms with Crippen molar-refractivity contribution in [3.8, 4) is 0 Å². The minimum absolute atomic E-state index is 0.0812. The first-order valence-corrected chi connectivity index (χ1v) is 10.4. The number of amides is 1. The third-order valence-corrected chi connectivity index (χ3v) is 5.53. The van der Waals surface area contributed by atoms with E-state index in [2.05, 4.69) is 4.57 Å². The van der Waals surface area contributed by atoms with Gasteiger partial charge in [0.05, 0.1) is 19.3 Å². The summed E-state index contributed by atoms with van der Waals surface area (Å²) < 4.78 is 2.13. The number of nitrogens with two attached hydrogens (primary N) is 1. The van der Waals surface area contributed by atoms with Gasteiger partial charge in [-0.25, -0.2) is 0 Å². The van der Waals surface area contributed by atoms with Crippen molar-refractivity contribution in [2.75, 3.05) is 18.0 Å². The van der Waals surface area contributed by atoms with Gasteiger partial charge in [0.25, 0.3) is 0 Å². The van der Waals surface area contributed by atoms with Crippen molar-refractivity contribution in [1.29, 1.82) is 0 Å². The number of carbonyl (C=O) groups is 3. The van der Waals surface area contributed by atoms with Crippen LogP contribution in [0.5, 0.6) is 0 Å². The van der Waals surface area contributed by atoms with Gasteiger partial charge in [-0.15, -0.1) is 0 Å². The van der Waals surface area contributed by atoms with E-state index in [0.717, 1.165) is 27.7 Å². The fourth-order valence-electron chi connectivity index (χ4n) is 3.93. The Hall–Kier alpha value is -3.81. The van der Waals surface area contributed by atoms with Gasteiger partial charge < -0.3 is 25.4 Å². The number of benzene rings is 2. The minimum Gasteiger partial charge on any atom is -0.481 e. The lowest BCUT2D eigenvalue weighted by Crippen LogP contribution is -2.28. The lowest BCUT2D eigenvalue weighted by molar-refractivity contribution is -0.137. The fourth-order valence-corrected chi connectivity index (χ4v) is 3.93. The molecule has 0 spiro atoms. The second-order valence-corrected chi connectivity index (χ2v) is 7.75. The largest absolute Gasteiger partial charge is 0.481 e. The molecule has 3 rings (SSSR count). The fraction of sp³-hybridized carbons (Fsp3) is 0.292. The number of nitrogens with zero attached hydrogens (tertiary/aromatic N) is 2. The maximum Gasteiger partial charge on any atom is 0.305 e. The van der Waals surface area contributed by atoms with Gasteiger partial charge in [-0.3, -0.25) is 14.4 Å². The molecule has 8 nitrogen and oxygen atoms in total. The number of carbonyl (C=O) groups excluding carboxylic acids is 1. The number of aromatic nitrogens is 1. The van der Waals surface area contributed by atoms with Crippen molar-refractivity contribution in [2.24, 2.45) is 5.73 Å². The summed E-state index contributed by atoms with van der Waals surface area (Å²) in [5.41, 5.74) is 10.0. The van der Waals surface area contributed by atoms with E-state index in [-0.39, 0.29) is 32.4 Å². The van der Waals surface area contributed by atoms with Crippen LogP contribution in [-0.2, 0) is 27.3 Å². The lowest BCUT2D eigenvalue weighted by atomic mass is 10.1. The quantitative estimate of drug-likeness (QED) is 0.423. The summed E-state index contributed by atoms with van der Waals surface area (Å²) in [5, 5.41) is 19.0. The van der Waals surface area contributed by atoms with E-state index in [9.17, 15) is 14.4 Å². The van der Waals surface area contributed by atoms with Crippen molar-refractivity contribution < 1.29 is 24.6 Å². The van der Waals surface area contributed by atoms with Gasteiger partial charge >= 0.3 is 11.9 Å². The van der Waals surface area contributed by atoms with Gasteiger partial charge in [0, 0.05) is 41.9 Å². The predicted molar refractivity (Wildman–Crippen MR) is 122 cm³/mol. The Balaban J connectivity index is 2.06. The van der Waals surface area contributed by atoms with E-state index in [4.69, 9.17) is 15.9 Å². The van der Waals surface area contributed by atoms with Crippen molar-refractivity contribution >= 4 is 34.4 Å². The summed E-state index contributed by atoms with van der Waals surface area (Å²) in [6.07, 6.45) is -0.141. The zero-order valence-corrected chi connectivity index (χ0v) is 18.0. The monoisotopic (exact) mass is 437 g/mol. The third kappa shape index (κ3) is 5.46. The lowest BCUT2D eigenvalue weighted by Gasteiger charge is -2.24. The molecule has 4 N–H and O–H groups in total. The molecule has 0 saturated heterocycles. The summed E-state index contributed by atoms with van der Waals surface area (Å²) in [4.78, 5) is 35.7. The molecule has 0 unspecified atom stereocenters. The highest BCUT2D eigenvalue weighted by molar-refractivity contribution is 5.92. The third-order valence-electron chi connectivity index (χ3n) is 5.53. The van der Waals surface area contributed by atoms with Crippen LogP contribution < -0.4 is 10.6 Å². The first-order valence-electron chi connectivity index (χ1n) is 10.4. The molecule has 32 heavy (non-hydrogen) atoms. The molecular weight excluding hydrogens is 410 g/mol. The molecule has 2 aromatic carbocycles. The van der Waals surface area contributed by atoms with Crippen molar-refractivity contribution in [2.45, 2.75) is 32.7 Å². The molecule has 1 heterocycles. The molecule has 1 aromatic heterocycles. The van der Waals surface area contributed by atoms with Crippen LogP contribution >= 0.6 is 0 Å². The predicted octanol–water partition coefficient (Wildman–Crippen LogP) is 2.78. The van der Waals surface area contributed by atoms with Gasteiger partial charge in [-0.05, 0) is 36.2 Å². The van der Waals surface area contributed by atoms with Gasteiger partial charge in [0.2, 0.25) is 5.91 Å². The number of hydrogen-bond acceptors (Lipinski definition) is 4. The zero-order chi connectivity index (χ0) is 23.3. The number of fused-ring (bicyclic) bond motifs is 1. The number of primary amides is 1. The van der Waals surface area contributed by atoms with Crippen LogP contribution in [-0.4, -0.2) is 45.7 Å². The van der Waals surface area contributed by atoms with Crippen LogP contribution in [0.2, 0.25) is 0 Å². The number of hydrogen-bond donors (Lipinski definition) is 3. The Bertz CT molecular complexity index is 1120. The highest BCUT2D eigenvalue weighted by Gasteiger charge is 2.18. The minimum atomic E-state index is -0.953. The van der Waals surface area contributed by atoms with Gasteiger partial charge in [-0.2, -0.15) is 0 Å². The van der Waals surface area contributed by atoms with E-state index in [1.54, 1.807) is 4.90 Å². The van der Waals surface area contributed by atoms with Gasteiger partial charge in [0.1, 0.15) is 0 Å². The van der Waals surface area contributed by atoms with E-state index in [1.165, 1.54) is 0 Å². The molecule has 0 fully saturated rings. The van der Waals surface area contributed by atoms with E-state index < -0.39 is 17.8 Å². The van der Waals surface area contributed by atoms with Crippen molar-refractivity contribution in [3.63, 3.8) is 0 Å². The maximum atomic E-state index is 11.8. The Morgan fingerprint density at radius 1 is 0.969 bits per heavy atom. The smallest absolute Gasteiger partial charge is 0.305 e. The van der Waals surface area contributed by atoms with Crippen LogP contribution in [0.15, 0.2) is 48.5 Å². The first kappa shape index (κ1) is 22.9. The van der Waals surface area contributed by atoms with Crippen LogP contribution in [0, 0.1) is 6.92 Å². The SMILES string of the molecule is Cc1c(CC(N)=O)c2cc(N(CCC(=O)O)CCC(=O)O)ccc2n1Cc1ccccc1. The molecular formula is C24H27N3O5. The molecule has 0 atom stereocenters. The average Bonchev–Trinajstić information content (AvgIpc) is 2.99. The second kappa shape index (κ2) is 10.00. The molecule has 0 aliphatic rings.